The Bertz CT molecular complexity index is 1230. The molecule has 1 N–H and O–H groups in total. The van der Waals surface area contributed by atoms with Gasteiger partial charge in [0.05, 0.1) is 11.7 Å². The number of nitrogens with zero attached hydrogens (tertiary/aromatic N) is 5. The lowest BCUT2D eigenvalue weighted by molar-refractivity contribution is 0.292. The zero-order valence-electron chi connectivity index (χ0n) is 13.8. The zero-order valence-corrected chi connectivity index (χ0v) is 13.8. The van der Waals surface area contributed by atoms with Crippen LogP contribution in [-0.4, -0.2) is 28.3 Å². The van der Waals surface area contributed by atoms with E-state index in [2.05, 4.69) is 5.10 Å². The van der Waals surface area contributed by atoms with Crippen LogP contribution >= 0.6 is 0 Å². The number of hydrogen-bond acceptors (Lipinski definition) is 4. The third kappa shape index (κ3) is 1.78. The molecule has 0 aliphatic carbocycles. The van der Waals surface area contributed by atoms with E-state index in [1.165, 1.54) is 28.1 Å². The van der Waals surface area contributed by atoms with E-state index in [-0.39, 0.29) is 0 Å². The Balaban J connectivity index is 2.13. The van der Waals surface area contributed by atoms with Crippen LogP contribution in [0.3, 0.4) is 0 Å². The van der Waals surface area contributed by atoms with E-state index in [1.807, 2.05) is 0 Å². The Hall–Kier alpha value is -3.30. The summed E-state index contributed by atoms with van der Waals surface area (Å²) in [4.78, 5) is 49.3. The van der Waals surface area contributed by atoms with Crippen LogP contribution < -0.4 is 22.8 Å². The molecule has 1 aliphatic rings. The molecular formula is C15H16N6O4. The Morgan fingerprint density at radius 1 is 0.920 bits per heavy atom. The van der Waals surface area contributed by atoms with E-state index in [0.29, 0.717) is 11.3 Å². The van der Waals surface area contributed by atoms with Crippen molar-refractivity contribution in [2.75, 3.05) is 0 Å². The van der Waals surface area contributed by atoms with Crippen molar-refractivity contribution in [1.29, 1.82) is 0 Å². The molecule has 130 valence electrons. The first kappa shape index (κ1) is 15.2. The van der Waals surface area contributed by atoms with Crippen LogP contribution in [0.1, 0.15) is 24.6 Å². The van der Waals surface area contributed by atoms with Crippen molar-refractivity contribution in [3.8, 4) is 5.69 Å². The summed E-state index contributed by atoms with van der Waals surface area (Å²) >= 11 is 0. The summed E-state index contributed by atoms with van der Waals surface area (Å²) in [7, 11) is 2.78. The highest BCUT2D eigenvalue weighted by atomic mass is 16.2. The summed E-state index contributed by atoms with van der Waals surface area (Å²) in [5.41, 5.74) is -0.828. The van der Waals surface area contributed by atoms with E-state index in [0.717, 1.165) is 9.13 Å². The molecule has 0 radical (unpaired) electrons. The first-order valence-electron chi connectivity index (χ1n) is 7.72. The normalized spacial score (nSPS) is 18.8. The Kier molecular flexibility index (Phi) is 2.96. The number of H-pyrrole nitrogens is 1. The fraction of sp³-hybridized carbons (Fsp3) is 0.333. The lowest BCUT2D eigenvalue weighted by Gasteiger charge is -2.32. The molecule has 3 aromatic rings. The molecule has 0 fully saturated rings. The van der Waals surface area contributed by atoms with Crippen LogP contribution in [0.2, 0.25) is 0 Å². The van der Waals surface area contributed by atoms with Crippen molar-refractivity contribution < 1.29 is 0 Å². The van der Waals surface area contributed by atoms with Gasteiger partial charge in [-0.3, -0.25) is 0 Å². The van der Waals surface area contributed by atoms with Crippen LogP contribution in [0.4, 0.5) is 0 Å². The van der Waals surface area contributed by atoms with Crippen molar-refractivity contribution in [3.05, 3.63) is 71.8 Å². The molecule has 3 heterocycles. The first-order chi connectivity index (χ1) is 11.8. The van der Waals surface area contributed by atoms with Crippen LogP contribution in [0.5, 0.6) is 0 Å². The van der Waals surface area contributed by atoms with Crippen molar-refractivity contribution in [2.45, 2.75) is 19.0 Å². The standard InChI is InChI=1S/C15H16N6O4/c1-8-11(19-13(23)17(2)12(22)16-19)9-6-4-5-7-10(9)21-15(25)18(3)14(24)20(8)21/h4-8,11H,1-3H3,(H,16,22)/t8-,11-/m0/s1. The summed E-state index contributed by atoms with van der Waals surface area (Å²) in [6.45, 7) is 1.73. The minimum Gasteiger partial charge on any atom is -0.246 e. The predicted octanol–water partition coefficient (Wildman–Crippen LogP) is -1.31. The first-order valence-corrected chi connectivity index (χ1v) is 7.72. The minimum absolute atomic E-state index is 0.461. The van der Waals surface area contributed by atoms with Gasteiger partial charge < -0.3 is 0 Å². The topological polar surface area (TPSA) is 109 Å². The van der Waals surface area contributed by atoms with Gasteiger partial charge in [-0.2, -0.15) is 4.68 Å². The highest BCUT2D eigenvalue weighted by molar-refractivity contribution is 5.44. The number of aromatic amines is 1. The van der Waals surface area contributed by atoms with Gasteiger partial charge in [0, 0.05) is 19.7 Å². The average molecular weight is 344 g/mol. The summed E-state index contributed by atoms with van der Waals surface area (Å²) in [6, 6.07) is 5.83. The molecule has 0 bridgehead atoms. The molecule has 0 unspecified atom stereocenters. The number of benzene rings is 1. The molecule has 2 aromatic heterocycles. The van der Waals surface area contributed by atoms with E-state index in [1.54, 1.807) is 31.2 Å². The fourth-order valence-electron chi connectivity index (χ4n) is 3.47. The lowest BCUT2D eigenvalue weighted by atomic mass is 9.97. The van der Waals surface area contributed by atoms with Crippen LogP contribution in [0.15, 0.2) is 43.4 Å². The number of rotatable bonds is 1. The molecule has 10 nitrogen and oxygen atoms in total. The quantitative estimate of drug-likeness (QED) is 0.591. The maximum absolute atomic E-state index is 12.5. The number of nitrogens with one attached hydrogen (secondary N) is 1. The van der Waals surface area contributed by atoms with Gasteiger partial charge >= 0.3 is 22.8 Å². The number of fused-ring (bicyclic) bond motifs is 3. The van der Waals surface area contributed by atoms with E-state index in [9.17, 15) is 19.2 Å². The Labute approximate surface area is 139 Å². The van der Waals surface area contributed by atoms with E-state index in [4.69, 9.17) is 0 Å². The monoisotopic (exact) mass is 344 g/mol. The van der Waals surface area contributed by atoms with Gasteiger partial charge in [-0.15, -0.1) is 0 Å². The van der Waals surface area contributed by atoms with Crippen LogP contribution in [0, 0.1) is 0 Å². The molecule has 0 saturated heterocycles. The van der Waals surface area contributed by atoms with Gasteiger partial charge in [0.2, 0.25) is 0 Å². The molecule has 0 spiro atoms. The van der Waals surface area contributed by atoms with Crippen molar-refractivity contribution in [1.82, 2.24) is 28.3 Å². The summed E-state index contributed by atoms with van der Waals surface area (Å²) < 4.78 is 5.81. The Morgan fingerprint density at radius 3 is 2.24 bits per heavy atom. The molecule has 25 heavy (non-hydrogen) atoms. The minimum atomic E-state index is -0.628. The highest BCUT2D eigenvalue weighted by Gasteiger charge is 2.36. The molecule has 1 aliphatic heterocycles. The third-order valence-corrected chi connectivity index (χ3v) is 4.78. The smallest absolute Gasteiger partial charge is 0.246 e. The fourth-order valence-corrected chi connectivity index (χ4v) is 3.47. The van der Waals surface area contributed by atoms with E-state index < -0.39 is 34.8 Å². The van der Waals surface area contributed by atoms with Crippen molar-refractivity contribution in [2.24, 2.45) is 14.1 Å². The van der Waals surface area contributed by atoms with Crippen LogP contribution in [0.25, 0.3) is 5.69 Å². The van der Waals surface area contributed by atoms with Crippen molar-refractivity contribution >= 4 is 0 Å². The second kappa shape index (κ2) is 4.85. The average Bonchev–Trinajstić information content (AvgIpc) is 2.98. The van der Waals surface area contributed by atoms with Gasteiger partial charge in [-0.1, -0.05) is 18.2 Å². The Morgan fingerprint density at radius 2 is 1.60 bits per heavy atom. The number of hydrogen-bond donors (Lipinski definition) is 1. The van der Waals surface area contributed by atoms with Crippen LogP contribution in [-0.2, 0) is 14.1 Å². The number of para-hydroxylation sites is 1. The number of aromatic nitrogens is 6. The maximum Gasteiger partial charge on any atom is 0.351 e. The molecule has 1 aromatic carbocycles. The highest BCUT2D eigenvalue weighted by Crippen LogP contribution is 2.35. The largest absolute Gasteiger partial charge is 0.351 e. The second-order valence-electron chi connectivity index (χ2n) is 6.15. The summed E-state index contributed by atoms with van der Waals surface area (Å²) in [5, 5.41) is 2.53. The lowest BCUT2D eigenvalue weighted by Crippen LogP contribution is -2.41. The molecule has 4 rings (SSSR count). The maximum atomic E-state index is 12.5. The summed E-state index contributed by atoms with van der Waals surface area (Å²) in [6.07, 6.45) is 0. The van der Waals surface area contributed by atoms with Crippen molar-refractivity contribution in [3.63, 3.8) is 0 Å². The van der Waals surface area contributed by atoms with Gasteiger partial charge in [-0.25, -0.2) is 42.8 Å². The van der Waals surface area contributed by atoms with E-state index >= 15 is 0 Å². The SMILES string of the molecule is C[C@H]1[C@H](n2[nH]c(=O)n(C)c2=O)c2ccccc2-n2c(=O)n(C)c(=O)n21. The zero-order chi connectivity index (χ0) is 18.0. The molecule has 0 saturated carbocycles. The third-order valence-electron chi connectivity index (χ3n) is 4.78. The molecule has 2 atom stereocenters. The summed E-state index contributed by atoms with van der Waals surface area (Å²) in [5.74, 6) is 0. The van der Waals surface area contributed by atoms with Gasteiger partial charge in [-0.05, 0) is 13.0 Å². The molecule has 10 heteroatoms. The van der Waals surface area contributed by atoms with Gasteiger partial charge in [0.15, 0.2) is 0 Å². The second-order valence-corrected chi connectivity index (χ2v) is 6.15. The predicted molar refractivity (Wildman–Crippen MR) is 88.4 cm³/mol. The van der Waals surface area contributed by atoms with Gasteiger partial charge in [0.25, 0.3) is 0 Å². The molecular weight excluding hydrogens is 328 g/mol. The van der Waals surface area contributed by atoms with Gasteiger partial charge in [0.1, 0.15) is 6.04 Å². The molecule has 0 amide bonds.